The second-order valence-electron chi connectivity index (χ2n) is 1.73. The zero-order chi connectivity index (χ0) is 17.9. The van der Waals surface area contributed by atoms with Crippen LogP contribution in [-0.4, -0.2) is 112 Å². The van der Waals surface area contributed by atoms with E-state index in [0.717, 1.165) is 0 Å². The van der Waals surface area contributed by atoms with Gasteiger partial charge in [-0.05, 0) is 0 Å². The minimum Gasteiger partial charge on any atom is -0.402 e. The summed E-state index contributed by atoms with van der Waals surface area (Å²) < 4.78 is 0. The second kappa shape index (κ2) is 171. The van der Waals surface area contributed by atoms with E-state index in [1.54, 1.807) is 0 Å². The molecule has 35 heavy (non-hydrogen) atoms. The number of hydrogen-bond donors (Lipinski definition) is 30. The molecular weight excluding hydrogens is 504 g/mol. The van der Waals surface area contributed by atoms with Crippen LogP contribution in [0.4, 0.5) is 0 Å². The Bertz CT molecular complexity index is 109. The maximum atomic E-state index is 7.17. The molecule has 0 aromatic rings. The molecule has 0 saturated heterocycles. The molecule has 35 heteroatoms. The Morgan fingerprint density at radius 3 is 0.143 bits per heavy atom. The third kappa shape index (κ3) is 41900. The van der Waals surface area contributed by atoms with Crippen molar-refractivity contribution < 1.29 is 75.4 Å². The van der Waals surface area contributed by atoms with Crippen LogP contribution in [0, 0.1) is 0 Å². The molecule has 0 heterocycles. The van der Waals surface area contributed by atoms with E-state index in [2.05, 4.69) is 0 Å². The maximum absolute atomic E-state index is 7.17. The Kier molecular flexibility index (Phi) is 919. The van der Waals surface area contributed by atoms with Gasteiger partial charge in [0.1, 0.15) is 0 Å². The van der Waals surface area contributed by atoms with Crippen LogP contribution in [0.25, 0.3) is 0 Å². The molecule has 0 aliphatic heterocycles. The van der Waals surface area contributed by atoms with Crippen molar-refractivity contribution in [2.45, 2.75) is 0 Å². The molecule has 0 atom stereocenters. The fourth-order valence-corrected chi connectivity index (χ4v) is 0. The predicted molar refractivity (Wildman–Crippen MR) is 137 cm³/mol. The molecule has 0 spiro atoms. The molecule has 0 rings (SSSR count). The molecule has 0 amide bonds. The normalized spacial score (nSPS) is 3.86. The van der Waals surface area contributed by atoms with Gasteiger partial charge in [-0.3, -0.25) is 0 Å². The lowest BCUT2D eigenvalue weighted by atomic mass is 10.3. The van der Waals surface area contributed by atoms with Crippen LogP contribution < -0.4 is 92.3 Å². The summed E-state index contributed by atoms with van der Waals surface area (Å²) in [4.78, 5) is 0. The molecule has 0 saturated carbocycles. The summed E-state index contributed by atoms with van der Waals surface area (Å²) in [5, 5.41) is 108. The van der Waals surface area contributed by atoms with Gasteiger partial charge in [-0.15, -0.1) is 0 Å². The third-order valence-electron chi connectivity index (χ3n) is 0. The molecule has 0 aliphatic rings. The highest BCUT2D eigenvalue weighted by Gasteiger charge is 1.94. The van der Waals surface area contributed by atoms with Crippen LogP contribution in [-0.2, 0) is 0 Å². The summed E-state index contributed by atoms with van der Waals surface area (Å²) in [5.41, 5.74) is 0. The van der Waals surface area contributed by atoms with Gasteiger partial charge in [0.15, 0.2) is 0 Å². The van der Waals surface area contributed by atoms with Gasteiger partial charge in [0.2, 0.25) is 0 Å². The molecule has 240 valence electrons. The lowest BCUT2D eigenvalue weighted by molar-refractivity contribution is 0.276. The van der Waals surface area contributed by atoms with E-state index >= 15 is 0 Å². The van der Waals surface area contributed by atoms with Crippen LogP contribution in [0.1, 0.15) is 0 Å². The summed E-state index contributed by atoms with van der Waals surface area (Å²) >= 11 is 0. The van der Waals surface area contributed by atoms with Crippen molar-refractivity contribution in [3.8, 4) is 0 Å². The molecule has 0 aromatic heterocycles. The zero-order valence-electron chi connectivity index (χ0n) is 20.2. The zero-order valence-corrected chi connectivity index (χ0v) is 20.2. The SMILES string of the molecule is N.N.N.N.N.N.N.N.N.N.N.N.N.N.N.OB(O)O.OB(O)O.OB(O)O.OB(O)O.OB(O)O. The summed E-state index contributed by atoms with van der Waals surface area (Å²) in [6.45, 7) is 0. The molecule has 0 radical (unpaired) electrons. The van der Waals surface area contributed by atoms with E-state index in [-0.39, 0.29) is 92.3 Å². The summed E-state index contributed by atoms with van der Waals surface area (Å²) in [6.07, 6.45) is 0. The molecule has 30 nitrogen and oxygen atoms in total. The number of hydrogen-bond acceptors (Lipinski definition) is 30. The van der Waals surface area contributed by atoms with Crippen molar-refractivity contribution in [3.63, 3.8) is 0 Å². The highest BCUT2D eigenvalue weighted by molar-refractivity contribution is 6.31. The quantitative estimate of drug-likeness (QED) is 0.121. The molecule has 0 unspecified atom stereocenters. The maximum Gasteiger partial charge on any atom is 0.631 e. The van der Waals surface area contributed by atoms with Crippen molar-refractivity contribution in [2.24, 2.45) is 0 Å². The smallest absolute Gasteiger partial charge is 0.402 e. The first-order valence-corrected chi connectivity index (χ1v) is 3.87. The monoisotopic (exact) mass is 565 g/mol. The van der Waals surface area contributed by atoms with Crippen LogP contribution in [0.3, 0.4) is 0 Å². The van der Waals surface area contributed by atoms with Gasteiger partial charge in [-0.2, -0.15) is 0 Å². The fourth-order valence-electron chi connectivity index (χ4n) is 0. The van der Waals surface area contributed by atoms with Crippen LogP contribution in [0.5, 0.6) is 0 Å². The van der Waals surface area contributed by atoms with E-state index in [4.69, 9.17) is 75.4 Å². The first-order chi connectivity index (χ1) is 8.66. The van der Waals surface area contributed by atoms with Gasteiger partial charge in [-0.1, -0.05) is 0 Å². The predicted octanol–water partition coefficient (Wildman–Crippen LogP) is -7.83. The van der Waals surface area contributed by atoms with Crippen LogP contribution >= 0.6 is 0 Å². The molecule has 0 aromatic carbocycles. The second-order valence-corrected chi connectivity index (χ2v) is 1.73. The van der Waals surface area contributed by atoms with E-state index in [0.29, 0.717) is 0 Å². The molecular formula is H60B5N15O15. The summed E-state index contributed by atoms with van der Waals surface area (Å²) in [7, 11) is -10.8. The topological polar surface area (TPSA) is 828 Å². The fraction of sp³-hybridized carbons (Fsp3) is 0. The van der Waals surface area contributed by atoms with Crippen molar-refractivity contribution in [2.75, 3.05) is 0 Å². The summed E-state index contributed by atoms with van der Waals surface area (Å²) in [5.74, 6) is 0. The lowest BCUT2D eigenvalue weighted by Gasteiger charge is -1.69. The third-order valence-corrected chi connectivity index (χ3v) is 0. The molecule has 0 aliphatic carbocycles. The standard InChI is InChI=1S/5BH3O3.15H3N/c5*2-1(3)4;;;;;;;;;;;;;;;/h5*2-4H;15*1H3. The van der Waals surface area contributed by atoms with Crippen LogP contribution in [0.15, 0.2) is 0 Å². The lowest BCUT2D eigenvalue weighted by Crippen LogP contribution is -2.07. The van der Waals surface area contributed by atoms with Gasteiger partial charge >= 0.3 is 36.6 Å². The minimum absolute atomic E-state index is 0. The van der Waals surface area contributed by atoms with Crippen molar-refractivity contribution in [3.05, 3.63) is 0 Å². The van der Waals surface area contributed by atoms with E-state index in [1.165, 1.54) is 0 Å². The minimum atomic E-state index is -2.17. The van der Waals surface area contributed by atoms with Crippen molar-refractivity contribution in [1.82, 2.24) is 92.3 Å². The van der Waals surface area contributed by atoms with E-state index in [1.807, 2.05) is 0 Å². The largest absolute Gasteiger partial charge is 0.631 e. The summed E-state index contributed by atoms with van der Waals surface area (Å²) in [6, 6.07) is 0. The number of rotatable bonds is 0. The average Bonchev–Trinajstić information content (AvgIpc) is 1.94. The van der Waals surface area contributed by atoms with E-state index in [9.17, 15) is 0 Å². The van der Waals surface area contributed by atoms with Crippen molar-refractivity contribution in [1.29, 1.82) is 0 Å². The van der Waals surface area contributed by atoms with Gasteiger partial charge in [0.25, 0.3) is 0 Å². The van der Waals surface area contributed by atoms with Crippen molar-refractivity contribution >= 4 is 36.6 Å². The Hall–Kier alpha value is -0.875. The van der Waals surface area contributed by atoms with Crippen LogP contribution in [0.2, 0.25) is 0 Å². The Labute approximate surface area is 205 Å². The highest BCUT2D eigenvalue weighted by Crippen LogP contribution is 1.41. The molecule has 60 N–H and O–H groups in total. The van der Waals surface area contributed by atoms with Gasteiger partial charge in [0, 0.05) is 0 Å². The first kappa shape index (κ1) is 188. The highest BCUT2D eigenvalue weighted by atomic mass is 16.5. The Morgan fingerprint density at radius 1 is 0.143 bits per heavy atom. The first-order valence-electron chi connectivity index (χ1n) is 3.87. The Balaban J connectivity index is -0.00000000403. The van der Waals surface area contributed by atoms with Gasteiger partial charge in [-0.25, -0.2) is 0 Å². The van der Waals surface area contributed by atoms with Gasteiger partial charge in [0.05, 0.1) is 0 Å². The van der Waals surface area contributed by atoms with E-state index < -0.39 is 36.6 Å². The molecule has 0 bridgehead atoms. The average molecular weight is 565 g/mol. The van der Waals surface area contributed by atoms with Gasteiger partial charge < -0.3 is 168 Å². The Morgan fingerprint density at radius 2 is 0.143 bits per heavy atom. The molecule has 0 fully saturated rings.